The zero-order valence-corrected chi connectivity index (χ0v) is 13.6. The van der Waals surface area contributed by atoms with Gasteiger partial charge in [0.2, 0.25) is 0 Å². The summed E-state index contributed by atoms with van der Waals surface area (Å²) in [5.74, 6) is 0.113. The van der Waals surface area contributed by atoms with Gasteiger partial charge in [-0.1, -0.05) is 15.9 Å². The largest absolute Gasteiger partial charge is 0.492 e. The molecule has 0 bridgehead atoms. The molecule has 0 amide bonds. The number of carboxylic acid groups (broad SMARTS) is 1. The van der Waals surface area contributed by atoms with Gasteiger partial charge in [-0.15, -0.1) is 0 Å². The second-order valence-corrected chi connectivity index (χ2v) is 5.85. The lowest BCUT2D eigenvalue weighted by Crippen LogP contribution is -2.35. The predicted octanol–water partition coefficient (Wildman–Crippen LogP) is 3.40. The van der Waals surface area contributed by atoms with Crippen molar-refractivity contribution in [1.29, 1.82) is 0 Å². The van der Waals surface area contributed by atoms with Crippen molar-refractivity contribution in [3.63, 3.8) is 0 Å². The van der Waals surface area contributed by atoms with Gasteiger partial charge in [-0.25, -0.2) is 0 Å². The van der Waals surface area contributed by atoms with Crippen LogP contribution in [0.25, 0.3) is 0 Å². The first-order chi connectivity index (χ1) is 9.49. The molecular formula is C15H22BrNO3. The van der Waals surface area contributed by atoms with Crippen LogP contribution in [0.2, 0.25) is 0 Å². The van der Waals surface area contributed by atoms with E-state index in [1.54, 1.807) is 0 Å². The molecule has 0 fully saturated rings. The Kier molecular flexibility index (Phi) is 7.62. The highest BCUT2D eigenvalue weighted by Crippen LogP contribution is 2.16. The Morgan fingerprint density at radius 1 is 1.30 bits per heavy atom. The molecule has 0 radical (unpaired) electrons. The van der Waals surface area contributed by atoms with Crippen LogP contribution in [0.4, 0.5) is 0 Å². The number of hydrogen-bond donors (Lipinski definition) is 1. The van der Waals surface area contributed by atoms with Crippen LogP contribution in [0.1, 0.15) is 26.7 Å². The molecule has 0 aliphatic rings. The van der Waals surface area contributed by atoms with Crippen LogP contribution >= 0.6 is 15.9 Å². The lowest BCUT2D eigenvalue weighted by atomic mass is 10.2. The highest BCUT2D eigenvalue weighted by Gasteiger charge is 2.10. The maximum Gasteiger partial charge on any atom is 0.303 e. The quantitative estimate of drug-likeness (QED) is 0.746. The smallest absolute Gasteiger partial charge is 0.303 e. The summed E-state index contributed by atoms with van der Waals surface area (Å²) in [6, 6.07) is 8.13. The van der Waals surface area contributed by atoms with Crippen molar-refractivity contribution in [3.8, 4) is 5.75 Å². The van der Waals surface area contributed by atoms with E-state index in [9.17, 15) is 4.79 Å². The maximum atomic E-state index is 10.5. The summed E-state index contributed by atoms with van der Waals surface area (Å²) >= 11 is 3.38. The van der Waals surface area contributed by atoms with Crippen molar-refractivity contribution in [1.82, 2.24) is 4.90 Å². The van der Waals surface area contributed by atoms with Crippen LogP contribution in [0.15, 0.2) is 28.7 Å². The summed E-state index contributed by atoms with van der Waals surface area (Å²) in [6.45, 7) is 6.41. The molecule has 0 atom stereocenters. The van der Waals surface area contributed by atoms with Crippen molar-refractivity contribution in [3.05, 3.63) is 28.7 Å². The summed E-state index contributed by atoms with van der Waals surface area (Å²) in [5, 5.41) is 8.67. The van der Waals surface area contributed by atoms with Gasteiger partial charge >= 0.3 is 5.97 Å². The predicted molar refractivity (Wildman–Crippen MR) is 83.2 cm³/mol. The number of nitrogens with zero attached hydrogens (tertiary/aromatic N) is 1. The number of carbonyl (C=O) groups is 1. The molecule has 1 rings (SSSR count). The fourth-order valence-electron chi connectivity index (χ4n) is 1.87. The Bertz CT molecular complexity index is 406. The number of ether oxygens (including phenoxy) is 1. The minimum absolute atomic E-state index is 0.219. The van der Waals surface area contributed by atoms with Crippen LogP contribution in [-0.2, 0) is 4.79 Å². The monoisotopic (exact) mass is 343 g/mol. The average Bonchev–Trinajstić information content (AvgIpc) is 2.38. The van der Waals surface area contributed by atoms with Crippen LogP contribution in [0.5, 0.6) is 5.75 Å². The van der Waals surface area contributed by atoms with Gasteiger partial charge < -0.3 is 9.84 Å². The minimum atomic E-state index is -0.736. The first-order valence-corrected chi connectivity index (χ1v) is 7.62. The van der Waals surface area contributed by atoms with Crippen molar-refractivity contribution >= 4 is 21.9 Å². The normalized spacial score (nSPS) is 11.1. The van der Waals surface area contributed by atoms with Crippen LogP contribution in [0.3, 0.4) is 0 Å². The van der Waals surface area contributed by atoms with Crippen molar-refractivity contribution in [2.75, 3.05) is 19.7 Å². The molecule has 0 saturated carbocycles. The van der Waals surface area contributed by atoms with E-state index in [2.05, 4.69) is 34.7 Å². The molecule has 0 aliphatic carbocycles. The maximum absolute atomic E-state index is 10.5. The van der Waals surface area contributed by atoms with E-state index in [1.165, 1.54) is 0 Å². The minimum Gasteiger partial charge on any atom is -0.492 e. The molecular weight excluding hydrogens is 322 g/mol. The van der Waals surface area contributed by atoms with Crippen molar-refractivity contribution < 1.29 is 14.6 Å². The van der Waals surface area contributed by atoms with E-state index in [0.29, 0.717) is 19.1 Å². The van der Waals surface area contributed by atoms with E-state index >= 15 is 0 Å². The van der Waals surface area contributed by atoms with Crippen molar-refractivity contribution in [2.45, 2.75) is 32.7 Å². The van der Waals surface area contributed by atoms with Gasteiger partial charge in [0, 0.05) is 23.5 Å². The fraction of sp³-hybridized carbons (Fsp3) is 0.533. The molecule has 0 aliphatic heterocycles. The number of benzene rings is 1. The summed E-state index contributed by atoms with van der Waals surface area (Å²) in [4.78, 5) is 12.8. The molecule has 112 valence electrons. The molecule has 1 N–H and O–H groups in total. The fourth-order valence-corrected chi connectivity index (χ4v) is 2.14. The molecule has 0 spiro atoms. The van der Waals surface area contributed by atoms with Gasteiger partial charge in [0.15, 0.2) is 0 Å². The first kappa shape index (κ1) is 17.0. The van der Waals surface area contributed by atoms with Gasteiger partial charge in [0.25, 0.3) is 0 Å². The number of aliphatic carboxylic acids is 1. The van der Waals surface area contributed by atoms with Crippen molar-refractivity contribution in [2.24, 2.45) is 0 Å². The number of halogens is 1. The van der Waals surface area contributed by atoms with Crippen LogP contribution in [-0.4, -0.2) is 41.7 Å². The zero-order chi connectivity index (χ0) is 15.0. The van der Waals surface area contributed by atoms with Crippen LogP contribution < -0.4 is 4.74 Å². The van der Waals surface area contributed by atoms with Gasteiger partial charge in [0.1, 0.15) is 12.4 Å². The molecule has 4 nitrogen and oxygen atoms in total. The summed E-state index contributed by atoms with van der Waals surface area (Å²) in [6.07, 6.45) is 0.891. The first-order valence-electron chi connectivity index (χ1n) is 6.83. The lowest BCUT2D eigenvalue weighted by molar-refractivity contribution is -0.137. The Morgan fingerprint density at radius 2 is 1.95 bits per heavy atom. The molecule has 5 heteroatoms. The Labute approximate surface area is 128 Å². The zero-order valence-electron chi connectivity index (χ0n) is 12.0. The lowest BCUT2D eigenvalue weighted by Gasteiger charge is -2.26. The van der Waals surface area contributed by atoms with E-state index in [4.69, 9.17) is 9.84 Å². The standard InChI is InChI=1S/C15H22BrNO3/c1-12(2)17(9-3-4-15(18)19)10-11-20-14-7-5-13(16)6-8-14/h5-8,12H,3-4,9-11H2,1-2H3,(H,18,19). The highest BCUT2D eigenvalue weighted by atomic mass is 79.9. The topological polar surface area (TPSA) is 49.8 Å². The number of hydrogen-bond acceptors (Lipinski definition) is 3. The second-order valence-electron chi connectivity index (χ2n) is 4.93. The molecule has 20 heavy (non-hydrogen) atoms. The number of rotatable bonds is 9. The SMILES string of the molecule is CC(C)N(CCCC(=O)O)CCOc1ccc(Br)cc1. The van der Waals surface area contributed by atoms with E-state index < -0.39 is 5.97 Å². The molecule has 0 unspecified atom stereocenters. The van der Waals surface area contributed by atoms with E-state index in [1.807, 2.05) is 24.3 Å². The third kappa shape index (κ3) is 6.91. The van der Waals surface area contributed by atoms with E-state index in [0.717, 1.165) is 23.3 Å². The Morgan fingerprint density at radius 3 is 2.50 bits per heavy atom. The second kappa shape index (κ2) is 8.97. The van der Waals surface area contributed by atoms with Gasteiger partial charge in [-0.2, -0.15) is 0 Å². The van der Waals surface area contributed by atoms with Gasteiger partial charge in [-0.3, -0.25) is 9.69 Å². The average molecular weight is 344 g/mol. The third-order valence-electron chi connectivity index (χ3n) is 3.03. The third-order valence-corrected chi connectivity index (χ3v) is 3.56. The Balaban J connectivity index is 2.31. The summed E-state index contributed by atoms with van der Waals surface area (Å²) in [5.41, 5.74) is 0. The molecule has 0 heterocycles. The number of carboxylic acids is 1. The van der Waals surface area contributed by atoms with Crippen LogP contribution in [0, 0.1) is 0 Å². The molecule has 1 aromatic rings. The summed E-state index contributed by atoms with van der Waals surface area (Å²) in [7, 11) is 0. The van der Waals surface area contributed by atoms with Gasteiger partial charge in [-0.05, 0) is 51.1 Å². The Hall–Kier alpha value is -1.07. The summed E-state index contributed by atoms with van der Waals surface area (Å²) < 4.78 is 6.72. The molecule has 1 aromatic carbocycles. The highest BCUT2D eigenvalue weighted by molar-refractivity contribution is 9.10. The van der Waals surface area contributed by atoms with Gasteiger partial charge in [0.05, 0.1) is 0 Å². The molecule has 0 aromatic heterocycles. The van der Waals surface area contributed by atoms with E-state index in [-0.39, 0.29) is 6.42 Å². The molecule has 0 saturated heterocycles.